The Labute approximate surface area is 162 Å². The molecule has 0 amide bonds. The Bertz CT molecular complexity index is 1090. The van der Waals surface area contributed by atoms with Crippen LogP contribution in [0.25, 0.3) is 5.69 Å². The Morgan fingerprint density at radius 1 is 1.04 bits per heavy atom. The third kappa shape index (κ3) is 3.20. The summed E-state index contributed by atoms with van der Waals surface area (Å²) in [6.07, 6.45) is 0. The summed E-state index contributed by atoms with van der Waals surface area (Å²) in [6.45, 7) is 3.09. The van der Waals surface area contributed by atoms with Gasteiger partial charge >= 0.3 is 5.69 Å². The number of nitrogens with zero attached hydrogens (tertiary/aromatic N) is 2. The standard InChI is InChI=1S/C21H22N4O3/c1-14(15-6-4-3-5-7-15)24-12-18-19(22-13-24)25(21(27)23-20(18)26)16-8-10-17(28-2)11-9-16/h3-11,14,22H,12-13H2,1-2H3,(H,23,26,27)/t14-/m1/s1. The summed E-state index contributed by atoms with van der Waals surface area (Å²) in [5, 5.41) is 3.28. The average Bonchev–Trinajstić information content (AvgIpc) is 2.74. The number of fused-ring (bicyclic) bond motifs is 1. The smallest absolute Gasteiger partial charge is 0.334 e. The second-order valence-electron chi connectivity index (χ2n) is 6.79. The molecule has 2 N–H and O–H groups in total. The second kappa shape index (κ2) is 7.36. The Balaban J connectivity index is 1.72. The predicted octanol–water partition coefficient (Wildman–Crippen LogP) is 2.48. The summed E-state index contributed by atoms with van der Waals surface area (Å²) in [4.78, 5) is 29.7. The Morgan fingerprint density at radius 2 is 1.75 bits per heavy atom. The summed E-state index contributed by atoms with van der Waals surface area (Å²) in [5.74, 6) is 1.24. The first-order valence-electron chi connectivity index (χ1n) is 9.14. The number of rotatable bonds is 4. The molecule has 0 saturated heterocycles. The molecule has 3 aromatic rings. The van der Waals surface area contributed by atoms with E-state index in [1.165, 1.54) is 10.1 Å². The maximum Gasteiger partial charge on any atom is 0.334 e. The van der Waals surface area contributed by atoms with E-state index in [-0.39, 0.29) is 11.6 Å². The third-order valence-electron chi connectivity index (χ3n) is 5.18. The van der Waals surface area contributed by atoms with E-state index in [1.54, 1.807) is 31.4 Å². The summed E-state index contributed by atoms with van der Waals surface area (Å²) < 4.78 is 6.68. The maximum atomic E-state index is 12.5. The van der Waals surface area contributed by atoms with E-state index in [1.807, 2.05) is 18.2 Å². The van der Waals surface area contributed by atoms with Crippen LogP contribution in [0.4, 0.5) is 5.82 Å². The van der Waals surface area contributed by atoms with Crippen LogP contribution in [-0.4, -0.2) is 28.2 Å². The molecule has 0 radical (unpaired) electrons. The lowest BCUT2D eigenvalue weighted by Gasteiger charge is -2.35. The van der Waals surface area contributed by atoms with Crippen molar-refractivity contribution in [3.8, 4) is 11.4 Å². The quantitative estimate of drug-likeness (QED) is 0.729. The van der Waals surface area contributed by atoms with Crippen molar-refractivity contribution in [2.24, 2.45) is 0 Å². The van der Waals surface area contributed by atoms with Crippen LogP contribution in [0.1, 0.15) is 24.1 Å². The number of ether oxygens (including phenoxy) is 1. The zero-order valence-electron chi connectivity index (χ0n) is 15.8. The van der Waals surface area contributed by atoms with Crippen molar-refractivity contribution in [3.05, 3.63) is 86.6 Å². The highest BCUT2D eigenvalue weighted by molar-refractivity contribution is 5.52. The van der Waals surface area contributed by atoms with Crippen LogP contribution in [0.3, 0.4) is 0 Å². The lowest BCUT2D eigenvalue weighted by molar-refractivity contribution is 0.207. The molecule has 1 atom stereocenters. The van der Waals surface area contributed by atoms with Crippen LogP contribution in [0, 0.1) is 0 Å². The molecule has 7 nitrogen and oxygen atoms in total. The van der Waals surface area contributed by atoms with Gasteiger partial charge < -0.3 is 10.1 Å². The van der Waals surface area contributed by atoms with Gasteiger partial charge in [-0.1, -0.05) is 30.3 Å². The molecule has 1 aromatic heterocycles. The SMILES string of the molecule is COc1ccc(-n2c3c(c(=O)[nH]c2=O)CN([C@H](C)c2ccccc2)CN3)cc1. The number of hydrogen-bond acceptors (Lipinski definition) is 5. The minimum absolute atomic E-state index is 0.127. The molecule has 144 valence electrons. The van der Waals surface area contributed by atoms with Crippen molar-refractivity contribution in [2.45, 2.75) is 19.5 Å². The van der Waals surface area contributed by atoms with Crippen molar-refractivity contribution >= 4 is 5.82 Å². The van der Waals surface area contributed by atoms with Gasteiger partial charge in [-0.05, 0) is 36.8 Å². The average molecular weight is 378 g/mol. The van der Waals surface area contributed by atoms with Crippen molar-refractivity contribution < 1.29 is 4.74 Å². The Kier molecular flexibility index (Phi) is 4.75. The molecular weight excluding hydrogens is 356 g/mol. The number of methoxy groups -OCH3 is 1. The van der Waals surface area contributed by atoms with Crippen molar-refractivity contribution in [3.63, 3.8) is 0 Å². The van der Waals surface area contributed by atoms with Gasteiger partial charge in [-0.15, -0.1) is 0 Å². The van der Waals surface area contributed by atoms with Gasteiger partial charge in [0.1, 0.15) is 11.6 Å². The highest BCUT2D eigenvalue weighted by atomic mass is 16.5. The number of H-pyrrole nitrogens is 1. The number of aromatic amines is 1. The van der Waals surface area contributed by atoms with Crippen LogP contribution < -0.4 is 21.3 Å². The zero-order valence-corrected chi connectivity index (χ0v) is 15.8. The first-order valence-corrected chi connectivity index (χ1v) is 9.14. The van der Waals surface area contributed by atoms with Crippen LogP contribution in [0.2, 0.25) is 0 Å². The minimum atomic E-state index is -0.467. The van der Waals surface area contributed by atoms with Crippen molar-refractivity contribution in [1.29, 1.82) is 0 Å². The third-order valence-corrected chi connectivity index (χ3v) is 5.18. The fourth-order valence-electron chi connectivity index (χ4n) is 3.53. The maximum absolute atomic E-state index is 12.5. The molecule has 2 heterocycles. The topological polar surface area (TPSA) is 79.4 Å². The van der Waals surface area contributed by atoms with Gasteiger partial charge in [-0.25, -0.2) is 9.36 Å². The molecule has 2 aromatic carbocycles. The lowest BCUT2D eigenvalue weighted by atomic mass is 10.1. The first-order chi connectivity index (χ1) is 13.6. The molecule has 0 bridgehead atoms. The second-order valence-corrected chi connectivity index (χ2v) is 6.79. The normalized spacial score (nSPS) is 14.8. The van der Waals surface area contributed by atoms with Gasteiger partial charge in [-0.2, -0.15) is 0 Å². The van der Waals surface area contributed by atoms with Gasteiger partial charge in [0.25, 0.3) is 5.56 Å². The van der Waals surface area contributed by atoms with Gasteiger partial charge in [-0.3, -0.25) is 14.7 Å². The molecule has 7 heteroatoms. The number of benzene rings is 2. The summed E-state index contributed by atoms with van der Waals surface area (Å²) in [6, 6.07) is 17.4. The zero-order chi connectivity index (χ0) is 19.7. The lowest BCUT2D eigenvalue weighted by Crippen LogP contribution is -2.43. The van der Waals surface area contributed by atoms with Crippen LogP contribution in [0.5, 0.6) is 5.75 Å². The van der Waals surface area contributed by atoms with Crippen LogP contribution in [0.15, 0.2) is 64.2 Å². The largest absolute Gasteiger partial charge is 0.497 e. The Hall–Kier alpha value is -3.32. The molecular formula is C21H22N4O3. The molecule has 0 saturated carbocycles. The molecule has 28 heavy (non-hydrogen) atoms. The van der Waals surface area contributed by atoms with Gasteiger partial charge in [0.2, 0.25) is 0 Å². The molecule has 0 aliphatic carbocycles. The number of hydrogen-bond donors (Lipinski definition) is 2. The number of anilines is 1. The molecule has 0 fully saturated rings. The predicted molar refractivity (Wildman–Crippen MR) is 108 cm³/mol. The Morgan fingerprint density at radius 3 is 2.43 bits per heavy atom. The first kappa shape index (κ1) is 18.1. The summed E-state index contributed by atoms with van der Waals surface area (Å²) in [7, 11) is 1.59. The molecule has 4 rings (SSSR count). The van der Waals surface area contributed by atoms with E-state index in [9.17, 15) is 9.59 Å². The van der Waals surface area contributed by atoms with Gasteiger partial charge in [0, 0.05) is 12.6 Å². The van der Waals surface area contributed by atoms with Crippen molar-refractivity contribution in [1.82, 2.24) is 14.5 Å². The monoisotopic (exact) mass is 378 g/mol. The van der Waals surface area contributed by atoms with Crippen LogP contribution in [-0.2, 0) is 6.54 Å². The van der Waals surface area contributed by atoms with E-state index in [2.05, 4.69) is 34.3 Å². The summed E-state index contributed by atoms with van der Waals surface area (Å²) >= 11 is 0. The molecule has 1 aliphatic rings. The van der Waals surface area contributed by atoms with Gasteiger partial charge in [0.05, 0.1) is 25.0 Å². The minimum Gasteiger partial charge on any atom is -0.497 e. The van der Waals surface area contributed by atoms with E-state index < -0.39 is 5.69 Å². The van der Waals surface area contributed by atoms with Crippen molar-refractivity contribution in [2.75, 3.05) is 19.1 Å². The van der Waals surface area contributed by atoms with E-state index in [0.717, 1.165) is 0 Å². The number of aromatic nitrogens is 2. The highest BCUT2D eigenvalue weighted by Gasteiger charge is 2.26. The molecule has 1 aliphatic heterocycles. The molecule has 0 spiro atoms. The summed E-state index contributed by atoms with van der Waals surface area (Å²) in [5.41, 5.74) is 1.56. The van der Waals surface area contributed by atoms with Crippen LogP contribution >= 0.6 is 0 Å². The molecule has 0 unspecified atom stereocenters. The fraction of sp³-hybridized carbons (Fsp3) is 0.238. The van der Waals surface area contributed by atoms with E-state index >= 15 is 0 Å². The highest BCUT2D eigenvalue weighted by Crippen LogP contribution is 2.28. The van der Waals surface area contributed by atoms with E-state index in [0.29, 0.717) is 36.0 Å². The van der Waals surface area contributed by atoms with Gasteiger partial charge in [0.15, 0.2) is 0 Å². The number of nitrogens with one attached hydrogen (secondary N) is 2. The van der Waals surface area contributed by atoms with E-state index in [4.69, 9.17) is 4.74 Å². The fourth-order valence-corrected chi connectivity index (χ4v) is 3.53.